The third-order valence-corrected chi connectivity index (χ3v) is 3.41. The Morgan fingerprint density at radius 3 is 2.71 bits per heavy atom. The van der Waals surface area contributed by atoms with Gasteiger partial charge in [-0.25, -0.2) is 0 Å². The second-order valence-electron chi connectivity index (χ2n) is 5.02. The van der Waals surface area contributed by atoms with Crippen molar-refractivity contribution in [2.45, 2.75) is 18.9 Å². The standard InChI is InChI=1S/C13H11N3O5/c17-11(14-7-1-2-7)6-15-10-4-3-8(16(20)21)5-9(10)12(18)13(15)19/h3-5,7H,1-2,6H2,(H,14,17). The smallest absolute Gasteiger partial charge is 0.299 e. The van der Waals surface area contributed by atoms with Gasteiger partial charge in [0, 0.05) is 18.2 Å². The van der Waals surface area contributed by atoms with Crippen molar-refractivity contribution < 1.29 is 19.3 Å². The Hall–Kier alpha value is -2.77. The van der Waals surface area contributed by atoms with Crippen molar-refractivity contribution in [2.75, 3.05) is 11.4 Å². The van der Waals surface area contributed by atoms with Gasteiger partial charge < -0.3 is 5.32 Å². The number of carbonyl (C=O) groups is 3. The normalized spacial score (nSPS) is 16.9. The minimum Gasteiger partial charge on any atom is -0.352 e. The van der Waals surface area contributed by atoms with Gasteiger partial charge in [-0.1, -0.05) is 0 Å². The lowest BCUT2D eigenvalue weighted by molar-refractivity contribution is -0.384. The Bertz CT molecular complexity index is 680. The van der Waals surface area contributed by atoms with Crippen LogP contribution in [0.5, 0.6) is 0 Å². The quantitative estimate of drug-likeness (QED) is 0.490. The van der Waals surface area contributed by atoms with Gasteiger partial charge in [0.1, 0.15) is 6.54 Å². The maximum Gasteiger partial charge on any atom is 0.299 e. The zero-order valence-corrected chi connectivity index (χ0v) is 10.9. The highest BCUT2D eigenvalue weighted by atomic mass is 16.6. The van der Waals surface area contributed by atoms with Crippen LogP contribution in [0.2, 0.25) is 0 Å². The van der Waals surface area contributed by atoms with Crippen molar-refractivity contribution in [1.29, 1.82) is 0 Å². The first-order valence-corrected chi connectivity index (χ1v) is 6.41. The number of nitrogens with zero attached hydrogens (tertiary/aromatic N) is 2. The molecule has 1 aromatic rings. The average Bonchev–Trinajstić information content (AvgIpc) is 3.22. The molecule has 3 rings (SSSR count). The summed E-state index contributed by atoms with van der Waals surface area (Å²) in [5.41, 5.74) is -0.0610. The fourth-order valence-corrected chi connectivity index (χ4v) is 2.20. The molecule has 2 aliphatic rings. The molecule has 108 valence electrons. The Morgan fingerprint density at radius 1 is 1.38 bits per heavy atom. The zero-order valence-electron chi connectivity index (χ0n) is 10.9. The van der Waals surface area contributed by atoms with E-state index in [-0.39, 0.29) is 35.4 Å². The molecule has 1 N–H and O–H groups in total. The summed E-state index contributed by atoms with van der Waals surface area (Å²) in [6.45, 7) is -0.258. The van der Waals surface area contributed by atoms with E-state index in [0.29, 0.717) is 0 Å². The van der Waals surface area contributed by atoms with Crippen molar-refractivity contribution in [3.63, 3.8) is 0 Å². The minimum absolute atomic E-state index is 0.0339. The number of Topliss-reactive ketones (excluding diaryl/α,β-unsaturated/α-hetero) is 1. The van der Waals surface area contributed by atoms with E-state index in [1.807, 2.05) is 0 Å². The van der Waals surface area contributed by atoms with Crippen LogP contribution >= 0.6 is 0 Å². The van der Waals surface area contributed by atoms with E-state index in [1.165, 1.54) is 12.1 Å². The number of benzene rings is 1. The van der Waals surface area contributed by atoms with Gasteiger partial charge in [-0.3, -0.25) is 29.4 Å². The van der Waals surface area contributed by atoms with Crippen LogP contribution in [0.3, 0.4) is 0 Å². The summed E-state index contributed by atoms with van der Waals surface area (Å²) < 4.78 is 0. The SMILES string of the molecule is O=C(CN1C(=O)C(=O)c2cc([N+](=O)[O-])ccc21)NC1CC1. The number of amides is 2. The van der Waals surface area contributed by atoms with Crippen LogP contribution in [0, 0.1) is 10.1 Å². The number of hydrogen-bond donors (Lipinski definition) is 1. The monoisotopic (exact) mass is 289 g/mol. The van der Waals surface area contributed by atoms with Gasteiger partial charge in [0.05, 0.1) is 16.2 Å². The van der Waals surface area contributed by atoms with E-state index in [4.69, 9.17) is 0 Å². The third kappa shape index (κ3) is 2.35. The zero-order chi connectivity index (χ0) is 15.1. The number of fused-ring (bicyclic) bond motifs is 1. The number of nitro groups is 1. The Labute approximate surface area is 118 Å². The molecule has 0 radical (unpaired) electrons. The number of non-ortho nitro benzene ring substituents is 1. The van der Waals surface area contributed by atoms with Crippen molar-refractivity contribution in [1.82, 2.24) is 5.32 Å². The van der Waals surface area contributed by atoms with Crippen LogP contribution in [0.15, 0.2) is 18.2 Å². The molecule has 8 heteroatoms. The lowest BCUT2D eigenvalue weighted by Gasteiger charge is -2.15. The number of nitrogens with one attached hydrogen (secondary N) is 1. The number of rotatable bonds is 4. The van der Waals surface area contributed by atoms with Crippen LogP contribution in [0.1, 0.15) is 23.2 Å². The highest BCUT2D eigenvalue weighted by molar-refractivity contribution is 6.52. The van der Waals surface area contributed by atoms with E-state index in [2.05, 4.69) is 5.32 Å². The van der Waals surface area contributed by atoms with Crippen LogP contribution in [-0.2, 0) is 9.59 Å². The number of hydrogen-bond acceptors (Lipinski definition) is 5. The molecule has 21 heavy (non-hydrogen) atoms. The highest BCUT2D eigenvalue weighted by Gasteiger charge is 2.38. The van der Waals surface area contributed by atoms with E-state index in [1.54, 1.807) is 0 Å². The Kier molecular flexibility index (Phi) is 2.93. The Morgan fingerprint density at radius 2 is 2.10 bits per heavy atom. The van der Waals surface area contributed by atoms with Crippen molar-refractivity contribution in [2.24, 2.45) is 0 Å². The lowest BCUT2D eigenvalue weighted by Crippen LogP contribution is -2.40. The molecule has 1 fully saturated rings. The van der Waals surface area contributed by atoms with Crippen LogP contribution in [0.4, 0.5) is 11.4 Å². The molecule has 0 saturated heterocycles. The number of ketones is 1. The molecular formula is C13H11N3O5. The van der Waals surface area contributed by atoms with Gasteiger partial charge in [-0.2, -0.15) is 0 Å². The van der Waals surface area contributed by atoms with Gasteiger partial charge in [0.25, 0.3) is 17.4 Å². The number of carbonyl (C=O) groups excluding carboxylic acids is 3. The summed E-state index contributed by atoms with van der Waals surface area (Å²) in [6, 6.07) is 3.74. The molecule has 0 atom stereocenters. The van der Waals surface area contributed by atoms with Crippen LogP contribution < -0.4 is 10.2 Å². The predicted octanol–water partition coefficient (Wildman–Crippen LogP) is 0.403. The highest BCUT2D eigenvalue weighted by Crippen LogP contribution is 2.31. The average molecular weight is 289 g/mol. The van der Waals surface area contributed by atoms with Crippen LogP contribution in [0.25, 0.3) is 0 Å². The largest absolute Gasteiger partial charge is 0.352 e. The molecule has 1 aliphatic carbocycles. The molecule has 0 spiro atoms. The molecule has 0 unspecified atom stereocenters. The number of nitro benzene ring substituents is 1. The molecule has 1 aromatic carbocycles. The predicted molar refractivity (Wildman–Crippen MR) is 70.9 cm³/mol. The summed E-state index contributed by atoms with van der Waals surface area (Å²) in [7, 11) is 0. The van der Waals surface area contributed by atoms with Gasteiger partial charge in [-0.15, -0.1) is 0 Å². The van der Waals surface area contributed by atoms with Gasteiger partial charge in [0.15, 0.2) is 0 Å². The van der Waals surface area contributed by atoms with Crippen molar-refractivity contribution in [3.8, 4) is 0 Å². The summed E-state index contributed by atoms with van der Waals surface area (Å²) in [5, 5.41) is 13.4. The van der Waals surface area contributed by atoms with Gasteiger partial charge in [-0.05, 0) is 18.9 Å². The molecule has 8 nitrogen and oxygen atoms in total. The molecule has 2 amide bonds. The Balaban J connectivity index is 1.86. The summed E-state index contributed by atoms with van der Waals surface area (Å²) in [6.07, 6.45) is 1.84. The topological polar surface area (TPSA) is 110 Å². The first-order chi connectivity index (χ1) is 9.97. The molecule has 0 aromatic heterocycles. The first kappa shape index (κ1) is 13.2. The first-order valence-electron chi connectivity index (χ1n) is 6.41. The second kappa shape index (κ2) is 4.65. The third-order valence-electron chi connectivity index (χ3n) is 3.41. The van der Waals surface area contributed by atoms with E-state index in [9.17, 15) is 24.5 Å². The van der Waals surface area contributed by atoms with Crippen molar-refractivity contribution in [3.05, 3.63) is 33.9 Å². The molecular weight excluding hydrogens is 278 g/mol. The fourth-order valence-electron chi connectivity index (χ4n) is 2.20. The summed E-state index contributed by atoms with van der Waals surface area (Å²) in [5.74, 6) is -2.01. The van der Waals surface area contributed by atoms with Gasteiger partial charge in [0.2, 0.25) is 5.91 Å². The summed E-state index contributed by atoms with van der Waals surface area (Å²) in [4.78, 5) is 46.6. The van der Waals surface area contributed by atoms with Gasteiger partial charge >= 0.3 is 0 Å². The van der Waals surface area contributed by atoms with E-state index < -0.39 is 16.6 Å². The van der Waals surface area contributed by atoms with Crippen LogP contribution in [-0.4, -0.2) is 35.1 Å². The minimum atomic E-state index is -0.837. The van der Waals surface area contributed by atoms with E-state index >= 15 is 0 Å². The van der Waals surface area contributed by atoms with E-state index in [0.717, 1.165) is 23.8 Å². The molecule has 0 bridgehead atoms. The van der Waals surface area contributed by atoms with Crippen molar-refractivity contribution >= 4 is 29.0 Å². The molecule has 1 saturated carbocycles. The number of anilines is 1. The maximum absolute atomic E-state index is 11.9. The maximum atomic E-state index is 11.9. The fraction of sp³-hybridized carbons (Fsp3) is 0.308. The summed E-state index contributed by atoms with van der Waals surface area (Å²) >= 11 is 0. The molecule has 1 heterocycles. The second-order valence-corrected chi connectivity index (χ2v) is 5.02. The molecule has 1 aliphatic heterocycles. The lowest BCUT2D eigenvalue weighted by atomic mass is 10.1.